The quantitative estimate of drug-likeness (QED) is 0.717. The van der Waals surface area contributed by atoms with Crippen LogP contribution in [0.1, 0.15) is 26.2 Å². The minimum Gasteiger partial charge on any atom is -0.316 e. The molecule has 0 atom stereocenters. The predicted octanol–water partition coefficient (Wildman–Crippen LogP) is 2.23. The molecule has 6 heteroatoms. The molecule has 1 heterocycles. The van der Waals surface area contributed by atoms with Crippen LogP contribution in [0.5, 0.6) is 0 Å². The fraction of sp³-hybridized carbons (Fsp3) is 1.00. The summed E-state index contributed by atoms with van der Waals surface area (Å²) in [6.45, 7) is 6.06. The summed E-state index contributed by atoms with van der Waals surface area (Å²) in [5.74, 6) is 0.663. The first-order valence-electron chi connectivity index (χ1n) is 6.65. The topological polar surface area (TPSA) is 24.5 Å². The zero-order valence-electron chi connectivity index (χ0n) is 10.9. The van der Waals surface area contributed by atoms with E-state index in [1.54, 1.807) is 0 Å². The lowest BCUT2D eigenvalue weighted by Gasteiger charge is -2.32. The van der Waals surface area contributed by atoms with E-state index < -0.39 is 6.36 Å². The number of hydrogen-bond acceptors (Lipinski definition) is 3. The highest BCUT2D eigenvalue weighted by molar-refractivity contribution is 4.73. The highest BCUT2D eigenvalue weighted by atomic mass is 19.4. The van der Waals surface area contributed by atoms with Crippen LogP contribution in [0, 0.1) is 5.92 Å². The van der Waals surface area contributed by atoms with Gasteiger partial charge in [0.15, 0.2) is 0 Å². The van der Waals surface area contributed by atoms with Gasteiger partial charge in [0, 0.05) is 6.54 Å². The van der Waals surface area contributed by atoms with Crippen LogP contribution in [0.25, 0.3) is 0 Å². The molecule has 1 rings (SSSR count). The van der Waals surface area contributed by atoms with Crippen LogP contribution in [0.3, 0.4) is 0 Å². The van der Waals surface area contributed by atoms with Gasteiger partial charge in [-0.1, -0.05) is 6.92 Å². The Kier molecular flexibility index (Phi) is 6.96. The van der Waals surface area contributed by atoms with Gasteiger partial charge in [-0.15, -0.1) is 13.2 Å². The molecule has 1 aliphatic heterocycles. The highest BCUT2D eigenvalue weighted by Gasteiger charge is 2.29. The Morgan fingerprint density at radius 1 is 1.28 bits per heavy atom. The lowest BCUT2D eigenvalue weighted by Crippen LogP contribution is -2.39. The molecule has 1 aliphatic rings. The number of ether oxygens (including phenoxy) is 1. The monoisotopic (exact) mass is 268 g/mol. The molecule has 3 nitrogen and oxygen atoms in total. The Hall–Kier alpha value is -0.330. The summed E-state index contributed by atoms with van der Waals surface area (Å²) in [5, 5.41) is 3.39. The van der Waals surface area contributed by atoms with Crippen molar-refractivity contribution in [3.63, 3.8) is 0 Å². The SMILES string of the molecule is CCCNCC1CCN(CCOC(F)(F)F)CC1. The third-order valence-electron chi connectivity index (χ3n) is 3.24. The lowest BCUT2D eigenvalue weighted by molar-refractivity contribution is -0.325. The van der Waals surface area contributed by atoms with E-state index in [4.69, 9.17) is 0 Å². The van der Waals surface area contributed by atoms with Gasteiger partial charge in [-0.3, -0.25) is 4.74 Å². The van der Waals surface area contributed by atoms with Crippen molar-refractivity contribution in [1.82, 2.24) is 10.2 Å². The summed E-state index contributed by atoms with van der Waals surface area (Å²) in [7, 11) is 0. The zero-order valence-corrected chi connectivity index (χ0v) is 10.9. The Morgan fingerprint density at radius 3 is 2.50 bits per heavy atom. The van der Waals surface area contributed by atoms with Crippen molar-refractivity contribution in [1.29, 1.82) is 0 Å². The molecular formula is C12H23F3N2O. The van der Waals surface area contributed by atoms with Gasteiger partial charge in [0.05, 0.1) is 6.61 Å². The third-order valence-corrected chi connectivity index (χ3v) is 3.24. The molecule has 0 aromatic carbocycles. The first kappa shape index (κ1) is 15.7. The molecule has 1 saturated heterocycles. The number of nitrogens with zero attached hydrogens (tertiary/aromatic N) is 1. The number of rotatable bonds is 7. The van der Waals surface area contributed by atoms with Crippen LogP contribution in [-0.4, -0.2) is 50.6 Å². The largest absolute Gasteiger partial charge is 0.522 e. The standard InChI is InChI=1S/C12H23F3N2O/c1-2-5-16-10-11-3-6-17(7-4-11)8-9-18-12(13,14)15/h11,16H,2-10H2,1H3. The van der Waals surface area contributed by atoms with Crippen LogP contribution < -0.4 is 5.32 Å². The lowest BCUT2D eigenvalue weighted by atomic mass is 9.97. The maximum absolute atomic E-state index is 11.8. The Bertz CT molecular complexity index is 216. The van der Waals surface area contributed by atoms with E-state index in [-0.39, 0.29) is 6.61 Å². The van der Waals surface area contributed by atoms with Crippen molar-refractivity contribution in [3.8, 4) is 0 Å². The van der Waals surface area contributed by atoms with E-state index in [9.17, 15) is 13.2 Å². The first-order valence-corrected chi connectivity index (χ1v) is 6.65. The Balaban J connectivity index is 2.04. The summed E-state index contributed by atoms with van der Waals surface area (Å²) in [4.78, 5) is 2.04. The second-order valence-corrected chi connectivity index (χ2v) is 4.78. The van der Waals surface area contributed by atoms with Crippen molar-refractivity contribution in [2.45, 2.75) is 32.5 Å². The number of likely N-dealkylation sites (tertiary alicyclic amines) is 1. The fourth-order valence-corrected chi connectivity index (χ4v) is 2.19. The van der Waals surface area contributed by atoms with Crippen molar-refractivity contribution >= 4 is 0 Å². The molecular weight excluding hydrogens is 245 g/mol. The van der Waals surface area contributed by atoms with Gasteiger partial charge in [0.2, 0.25) is 0 Å². The molecule has 0 amide bonds. The van der Waals surface area contributed by atoms with Gasteiger partial charge in [-0.2, -0.15) is 0 Å². The average molecular weight is 268 g/mol. The van der Waals surface area contributed by atoms with Crippen molar-refractivity contribution in [2.24, 2.45) is 5.92 Å². The summed E-state index contributed by atoms with van der Waals surface area (Å²) in [6, 6.07) is 0. The van der Waals surface area contributed by atoms with Gasteiger partial charge in [-0.05, 0) is 51.4 Å². The Labute approximate surface area is 107 Å². The minimum absolute atomic E-state index is 0.262. The molecule has 108 valence electrons. The van der Waals surface area contributed by atoms with Crippen molar-refractivity contribution in [2.75, 3.05) is 39.3 Å². The molecule has 1 N–H and O–H groups in total. The molecule has 18 heavy (non-hydrogen) atoms. The predicted molar refractivity (Wildman–Crippen MR) is 64.3 cm³/mol. The Morgan fingerprint density at radius 2 is 1.94 bits per heavy atom. The van der Waals surface area contributed by atoms with Gasteiger partial charge in [0.1, 0.15) is 0 Å². The minimum atomic E-state index is -4.50. The van der Waals surface area contributed by atoms with Crippen molar-refractivity contribution < 1.29 is 17.9 Å². The van der Waals surface area contributed by atoms with Crippen LogP contribution in [-0.2, 0) is 4.74 Å². The molecule has 0 unspecified atom stereocenters. The van der Waals surface area contributed by atoms with Crippen molar-refractivity contribution in [3.05, 3.63) is 0 Å². The van der Waals surface area contributed by atoms with Crippen LogP contribution in [0.15, 0.2) is 0 Å². The maximum Gasteiger partial charge on any atom is 0.522 e. The van der Waals surface area contributed by atoms with E-state index in [2.05, 4.69) is 17.0 Å². The van der Waals surface area contributed by atoms with Gasteiger partial charge in [0.25, 0.3) is 0 Å². The first-order chi connectivity index (χ1) is 8.51. The number of hydrogen-bond donors (Lipinski definition) is 1. The molecule has 0 aromatic heterocycles. The van der Waals surface area contributed by atoms with Crippen LogP contribution >= 0.6 is 0 Å². The maximum atomic E-state index is 11.8. The van der Waals surface area contributed by atoms with Crippen LogP contribution in [0.2, 0.25) is 0 Å². The summed E-state index contributed by atoms with van der Waals surface area (Å²) in [5.41, 5.74) is 0. The fourth-order valence-electron chi connectivity index (χ4n) is 2.19. The van der Waals surface area contributed by atoms with Gasteiger partial charge >= 0.3 is 6.36 Å². The van der Waals surface area contributed by atoms with Gasteiger partial charge < -0.3 is 10.2 Å². The molecule has 0 aliphatic carbocycles. The molecule has 0 spiro atoms. The molecule has 0 aromatic rings. The van der Waals surface area contributed by atoms with Gasteiger partial charge in [-0.25, -0.2) is 0 Å². The summed E-state index contributed by atoms with van der Waals surface area (Å²) < 4.78 is 39.2. The number of piperidine rings is 1. The normalized spacial score (nSPS) is 19.3. The molecule has 0 bridgehead atoms. The number of nitrogens with one attached hydrogen (secondary N) is 1. The molecule has 0 saturated carbocycles. The van der Waals surface area contributed by atoms with Crippen LogP contribution in [0.4, 0.5) is 13.2 Å². The number of halogens is 3. The van der Waals surface area contributed by atoms with E-state index in [1.807, 2.05) is 4.90 Å². The highest BCUT2D eigenvalue weighted by Crippen LogP contribution is 2.18. The number of alkyl halides is 3. The van der Waals surface area contributed by atoms with E-state index in [0.29, 0.717) is 12.5 Å². The second kappa shape index (κ2) is 7.96. The van der Waals surface area contributed by atoms with E-state index >= 15 is 0 Å². The summed E-state index contributed by atoms with van der Waals surface area (Å²) in [6.07, 6.45) is -1.25. The third kappa shape index (κ3) is 7.18. The molecule has 1 fully saturated rings. The zero-order chi connectivity index (χ0) is 13.4. The molecule has 0 radical (unpaired) electrons. The average Bonchev–Trinajstić information content (AvgIpc) is 2.30. The smallest absolute Gasteiger partial charge is 0.316 e. The van der Waals surface area contributed by atoms with E-state index in [1.165, 1.54) is 0 Å². The second-order valence-electron chi connectivity index (χ2n) is 4.78. The summed E-state index contributed by atoms with van der Waals surface area (Å²) >= 11 is 0. The van der Waals surface area contributed by atoms with E-state index in [0.717, 1.165) is 45.4 Å².